The first-order valence-electron chi connectivity index (χ1n) is 11.3. The second-order valence-electron chi connectivity index (χ2n) is 9.02. The quantitative estimate of drug-likeness (QED) is 0.789. The molecule has 0 spiro atoms. The minimum absolute atomic E-state index is 0.0824. The van der Waals surface area contributed by atoms with E-state index in [1.54, 1.807) is 6.07 Å². The van der Waals surface area contributed by atoms with Gasteiger partial charge < -0.3 is 19.9 Å². The fraction of sp³-hybridized carbons (Fsp3) is 0.773. The molecule has 1 aromatic rings. The van der Waals surface area contributed by atoms with Crippen molar-refractivity contribution in [1.82, 2.24) is 20.2 Å². The summed E-state index contributed by atoms with van der Waals surface area (Å²) in [4.78, 5) is 27.0. The lowest BCUT2D eigenvalue weighted by Gasteiger charge is -2.40. The maximum absolute atomic E-state index is 13.0. The second-order valence-corrected chi connectivity index (χ2v) is 9.02. The molecule has 1 amide bonds. The van der Waals surface area contributed by atoms with Crippen molar-refractivity contribution < 1.29 is 9.53 Å². The molecule has 160 valence electrons. The minimum atomic E-state index is -0.0824. The van der Waals surface area contributed by atoms with Crippen LogP contribution in [0.25, 0.3) is 0 Å². The van der Waals surface area contributed by atoms with Gasteiger partial charge in [0.05, 0.1) is 0 Å². The second kappa shape index (κ2) is 9.39. The number of aromatic nitrogens is 2. The van der Waals surface area contributed by atoms with Crippen molar-refractivity contribution in [3.05, 3.63) is 17.5 Å². The van der Waals surface area contributed by atoms with Gasteiger partial charge in [0.1, 0.15) is 5.69 Å². The summed E-state index contributed by atoms with van der Waals surface area (Å²) < 4.78 is 5.62. The third-order valence-electron chi connectivity index (χ3n) is 6.65. The van der Waals surface area contributed by atoms with Gasteiger partial charge >= 0.3 is 0 Å². The van der Waals surface area contributed by atoms with E-state index in [0.29, 0.717) is 18.2 Å². The Labute approximate surface area is 174 Å². The molecule has 0 unspecified atom stereocenters. The van der Waals surface area contributed by atoms with Crippen LogP contribution in [0.3, 0.4) is 0 Å². The van der Waals surface area contributed by atoms with Crippen LogP contribution < -0.4 is 10.2 Å². The molecule has 4 heterocycles. The van der Waals surface area contributed by atoms with Crippen LogP contribution in [0.15, 0.2) is 6.07 Å². The maximum atomic E-state index is 13.0. The number of hydrogen-bond donors (Lipinski definition) is 1. The number of amides is 1. The van der Waals surface area contributed by atoms with Crippen molar-refractivity contribution in [2.24, 2.45) is 5.41 Å². The Balaban J connectivity index is 1.42. The number of anilines is 1. The summed E-state index contributed by atoms with van der Waals surface area (Å²) >= 11 is 0. The molecular formula is C22H35N5O2. The summed E-state index contributed by atoms with van der Waals surface area (Å²) in [5.74, 6) is 0.619. The molecule has 7 heteroatoms. The molecule has 1 aromatic heterocycles. The highest BCUT2D eigenvalue weighted by atomic mass is 16.5. The summed E-state index contributed by atoms with van der Waals surface area (Å²) in [6, 6.07) is 1.81. The molecule has 3 saturated heterocycles. The van der Waals surface area contributed by atoms with Crippen LogP contribution in [-0.2, 0) is 4.74 Å². The highest BCUT2D eigenvalue weighted by Crippen LogP contribution is 2.32. The monoisotopic (exact) mass is 401 g/mol. The number of nitrogens with zero attached hydrogens (tertiary/aromatic N) is 4. The van der Waals surface area contributed by atoms with E-state index in [1.807, 2.05) is 6.92 Å². The van der Waals surface area contributed by atoms with Crippen LogP contribution in [0, 0.1) is 12.3 Å². The molecule has 0 bridgehead atoms. The summed E-state index contributed by atoms with van der Waals surface area (Å²) in [5, 5.41) is 3.21. The van der Waals surface area contributed by atoms with Gasteiger partial charge in [0.2, 0.25) is 5.95 Å². The lowest BCUT2D eigenvalue weighted by Crippen LogP contribution is -2.48. The number of aryl methyl sites for hydroxylation is 1. The van der Waals surface area contributed by atoms with Crippen molar-refractivity contribution in [3.8, 4) is 0 Å². The molecule has 0 aliphatic carbocycles. The van der Waals surface area contributed by atoms with Crippen molar-refractivity contribution >= 4 is 11.9 Å². The van der Waals surface area contributed by atoms with Crippen LogP contribution in [0.4, 0.5) is 5.95 Å². The van der Waals surface area contributed by atoms with Gasteiger partial charge in [-0.1, -0.05) is 0 Å². The van der Waals surface area contributed by atoms with Crippen LogP contribution in [-0.4, -0.2) is 73.3 Å². The Morgan fingerprint density at radius 2 is 1.76 bits per heavy atom. The third-order valence-corrected chi connectivity index (χ3v) is 6.65. The molecule has 0 atom stereocenters. The van der Waals surface area contributed by atoms with Gasteiger partial charge in [0.25, 0.3) is 5.91 Å². The molecule has 29 heavy (non-hydrogen) atoms. The Kier molecular flexibility index (Phi) is 6.65. The van der Waals surface area contributed by atoms with Gasteiger partial charge in [-0.3, -0.25) is 4.79 Å². The topological polar surface area (TPSA) is 70.6 Å². The average Bonchev–Trinajstić information content (AvgIpc) is 3.26. The van der Waals surface area contributed by atoms with Crippen LogP contribution in [0.2, 0.25) is 0 Å². The zero-order valence-electron chi connectivity index (χ0n) is 17.8. The van der Waals surface area contributed by atoms with E-state index in [0.717, 1.165) is 51.4 Å². The van der Waals surface area contributed by atoms with E-state index in [4.69, 9.17) is 4.74 Å². The normalized spacial score (nSPS) is 22.6. The van der Waals surface area contributed by atoms with Gasteiger partial charge in [-0.15, -0.1) is 0 Å². The molecule has 0 aromatic carbocycles. The first kappa shape index (κ1) is 20.5. The smallest absolute Gasteiger partial charge is 0.270 e. The van der Waals surface area contributed by atoms with Crippen LogP contribution >= 0.6 is 0 Å². The first-order chi connectivity index (χ1) is 14.1. The molecule has 3 fully saturated rings. The molecule has 4 rings (SSSR count). The number of ether oxygens (including phenoxy) is 1. The van der Waals surface area contributed by atoms with Gasteiger partial charge in [0.15, 0.2) is 0 Å². The summed E-state index contributed by atoms with van der Waals surface area (Å²) in [5.41, 5.74) is 1.45. The van der Waals surface area contributed by atoms with E-state index < -0.39 is 0 Å². The summed E-state index contributed by atoms with van der Waals surface area (Å²) in [6.07, 6.45) is 8.19. The molecule has 0 saturated carbocycles. The van der Waals surface area contributed by atoms with Gasteiger partial charge in [-0.25, -0.2) is 9.97 Å². The van der Waals surface area contributed by atoms with Crippen molar-refractivity contribution in [3.63, 3.8) is 0 Å². The Morgan fingerprint density at radius 3 is 2.48 bits per heavy atom. The third kappa shape index (κ3) is 5.25. The molecule has 3 aliphatic rings. The molecular weight excluding hydrogens is 366 g/mol. The fourth-order valence-corrected chi connectivity index (χ4v) is 4.87. The number of hydrogen-bond acceptors (Lipinski definition) is 6. The van der Waals surface area contributed by atoms with Gasteiger partial charge in [-0.05, 0) is 71.0 Å². The lowest BCUT2D eigenvalue weighted by atomic mass is 9.79. The fourth-order valence-electron chi connectivity index (χ4n) is 4.87. The SMILES string of the molecule is Cc1cc(C(=O)NCC2(CN3CCCC3)CCOCC2)nc(N2CCCCC2)n1. The molecule has 7 nitrogen and oxygen atoms in total. The maximum Gasteiger partial charge on any atom is 0.270 e. The van der Waals surface area contributed by atoms with Crippen LogP contribution in [0.5, 0.6) is 0 Å². The van der Waals surface area contributed by atoms with E-state index in [-0.39, 0.29) is 11.3 Å². The molecule has 0 radical (unpaired) electrons. The van der Waals surface area contributed by atoms with E-state index in [2.05, 4.69) is 25.1 Å². The highest BCUT2D eigenvalue weighted by Gasteiger charge is 2.35. The number of rotatable bonds is 6. The molecule has 1 N–H and O–H groups in total. The predicted molar refractivity (Wildman–Crippen MR) is 113 cm³/mol. The standard InChI is InChI=1S/C22H35N5O2/c1-18-15-19(25-21(24-18)27-11-3-2-4-12-27)20(28)23-16-22(7-13-29-14-8-22)17-26-9-5-6-10-26/h15H,2-14,16-17H2,1H3,(H,23,28). The van der Waals surface area contributed by atoms with E-state index >= 15 is 0 Å². The van der Waals surface area contributed by atoms with Gasteiger partial charge in [-0.2, -0.15) is 0 Å². The summed E-state index contributed by atoms with van der Waals surface area (Å²) in [7, 11) is 0. The number of likely N-dealkylation sites (tertiary alicyclic amines) is 1. The number of piperidine rings is 1. The summed E-state index contributed by atoms with van der Waals surface area (Å²) in [6.45, 7) is 9.57. The number of carbonyl (C=O) groups is 1. The zero-order valence-corrected chi connectivity index (χ0v) is 17.8. The first-order valence-corrected chi connectivity index (χ1v) is 11.3. The Bertz CT molecular complexity index is 692. The van der Waals surface area contributed by atoms with Crippen molar-refractivity contribution in [2.75, 3.05) is 57.4 Å². The van der Waals surface area contributed by atoms with Crippen molar-refractivity contribution in [2.45, 2.75) is 51.9 Å². The Hall–Kier alpha value is -1.73. The van der Waals surface area contributed by atoms with E-state index in [9.17, 15) is 4.79 Å². The molecule has 3 aliphatic heterocycles. The van der Waals surface area contributed by atoms with Gasteiger partial charge in [0, 0.05) is 50.5 Å². The van der Waals surface area contributed by atoms with Crippen molar-refractivity contribution in [1.29, 1.82) is 0 Å². The van der Waals surface area contributed by atoms with E-state index in [1.165, 1.54) is 45.2 Å². The number of carbonyl (C=O) groups excluding carboxylic acids is 1. The largest absolute Gasteiger partial charge is 0.381 e. The van der Waals surface area contributed by atoms with Crippen LogP contribution in [0.1, 0.15) is 61.1 Å². The minimum Gasteiger partial charge on any atom is -0.381 e. The Morgan fingerprint density at radius 1 is 1.07 bits per heavy atom. The number of nitrogens with one attached hydrogen (secondary N) is 1. The highest BCUT2D eigenvalue weighted by molar-refractivity contribution is 5.92. The zero-order chi connectivity index (χ0) is 20.1. The lowest BCUT2D eigenvalue weighted by molar-refractivity contribution is -0.000653. The predicted octanol–water partition coefficient (Wildman–Crippen LogP) is 2.40. The average molecular weight is 402 g/mol.